The Morgan fingerprint density at radius 2 is 0.469 bits per heavy atom. The molecule has 0 amide bonds. The third-order valence-corrected chi connectivity index (χ3v) is 27.6. The Morgan fingerprint density at radius 1 is 0.259 bits per heavy atom. The van der Waals surface area contributed by atoms with Gasteiger partial charge in [0.15, 0.2) is 29.1 Å². The molecule has 4 N–H and O–H groups in total. The van der Waals surface area contributed by atoms with E-state index < -0.39 is 17.9 Å². The zero-order valence-electron chi connectivity index (χ0n) is 87.1. The molecule has 0 fully saturated rings. The summed E-state index contributed by atoms with van der Waals surface area (Å²) in [5, 5.41) is 37.9. The fourth-order valence-corrected chi connectivity index (χ4v) is 19.2. The first-order valence-corrected chi connectivity index (χ1v) is 52.8. The fourth-order valence-electron chi connectivity index (χ4n) is 19.2. The van der Waals surface area contributed by atoms with Crippen molar-refractivity contribution in [1.82, 2.24) is 39.9 Å². The highest BCUT2D eigenvalue weighted by Gasteiger charge is 2.30. The third-order valence-electron chi connectivity index (χ3n) is 27.6. The van der Waals surface area contributed by atoms with Crippen LogP contribution in [0.25, 0.3) is 101 Å². The molecule has 0 radical (unpaired) electrons. The number of ketones is 2. The number of carboxylic acid groups (broad SMARTS) is 3. The molecule has 21 nitrogen and oxygen atoms in total. The molecule has 0 saturated carbocycles. The topological polar surface area (TPSA) is 282 Å². The van der Waals surface area contributed by atoms with Crippen molar-refractivity contribution < 1.29 is 44.4 Å². The van der Waals surface area contributed by atoms with Crippen LogP contribution in [-0.2, 0) is 44.9 Å². The van der Waals surface area contributed by atoms with E-state index >= 15 is 0 Å². The van der Waals surface area contributed by atoms with E-state index in [1.807, 2.05) is 24.3 Å². The SMILES string of the molecule is C.CC(=O)CCCCCCN1CCCc2nc(-c3ccc(C)cc3)c(-c3ccc(C)cc3)nc21.CC(=O)c1ccc2ccccc2c1O.Cc1ccc(-c2nc3c(nc2-c2ccc(C)cc2)N(CCCCCCC(=O)O)CCC3)cc1.Cc1ccc(-c2nc3c(nc2-c2ccc(C)cc2)N(CCCCCCC(=O)O)CCC3)cc1.Cc1ccc(-c2nc3c(nc2-c2ccc(C)cc2)N(CCCCCCC(=O)O)CCC3)cc1. The fraction of sp³-hybridized carbons (Fsp3) is 0.373. The van der Waals surface area contributed by atoms with Gasteiger partial charge in [-0.25, -0.2) is 39.9 Å². The number of aliphatic carboxylic acids is 3. The summed E-state index contributed by atoms with van der Waals surface area (Å²) in [4.78, 5) is 106. The standard InChI is InChI=1S/C29H35N3O.3C28H33N3O2.C12H10O2.CH4/c1-21-11-15-24(16-12-21)27-28(25-17-13-22(2)14-18-25)31-29-26(30-27)10-8-20-32(29)19-7-5-4-6-9-23(3)33;3*1-20-10-14-22(15-11-20)26-27(23-16-12-21(2)13-17-23)30-28-24(29-26)8-7-19-31(28)18-6-4-3-5-9-25(32)33;1-8(13)10-7-6-9-4-2-3-5-11(9)12(10)14;/h11-18H,4-10,19-20H2,1-3H3;3*10-17H,3-9,18-19H2,1-2H3,(H,32,33);2-7,14H,1H3;1H4. The number of rotatable bonds is 37. The number of aryl methyl sites for hydroxylation is 12. The van der Waals surface area contributed by atoms with E-state index in [1.165, 1.54) is 51.4 Å². The lowest BCUT2D eigenvalue weighted by Crippen LogP contribution is -2.32. The first-order valence-electron chi connectivity index (χ1n) is 52.8. The van der Waals surface area contributed by atoms with Crippen molar-refractivity contribution in [2.24, 2.45) is 0 Å². The molecular weight excluding hydrogens is 1830 g/mol. The van der Waals surface area contributed by atoms with Crippen molar-refractivity contribution >= 4 is 63.5 Å². The summed E-state index contributed by atoms with van der Waals surface area (Å²) in [7, 11) is 0. The number of carboxylic acids is 3. The second-order valence-electron chi connectivity index (χ2n) is 39.8. The second-order valence-corrected chi connectivity index (χ2v) is 39.8. The van der Waals surface area contributed by atoms with Crippen LogP contribution in [0.1, 0.15) is 253 Å². The molecule has 4 aliphatic rings. The number of benzene rings is 10. The van der Waals surface area contributed by atoms with Gasteiger partial charge in [-0.2, -0.15) is 0 Å². The molecule has 0 atom stereocenters. The van der Waals surface area contributed by atoms with E-state index in [4.69, 9.17) is 55.2 Å². The minimum atomic E-state index is -0.705. The van der Waals surface area contributed by atoms with Crippen LogP contribution in [-0.4, -0.2) is 142 Å². The number of nitrogens with zero attached hydrogens (tertiary/aromatic N) is 12. The van der Waals surface area contributed by atoms with Gasteiger partial charge < -0.3 is 44.8 Å². The van der Waals surface area contributed by atoms with Crippen molar-refractivity contribution in [3.8, 4) is 95.8 Å². The van der Waals surface area contributed by atoms with Gasteiger partial charge in [0, 0.05) is 128 Å². The summed E-state index contributed by atoms with van der Waals surface area (Å²) in [5.41, 5.74) is 31.0. The lowest BCUT2D eigenvalue weighted by molar-refractivity contribution is -0.138. The lowest BCUT2D eigenvalue weighted by atomic mass is 10.0. The number of carbonyl (C=O) groups excluding carboxylic acids is 2. The average Bonchev–Trinajstić information content (AvgIpc) is 0.780. The number of hydrogen-bond donors (Lipinski definition) is 4. The van der Waals surface area contributed by atoms with Crippen LogP contribution >= 0.6 is 0 Å². The van der Waals surface area contributed by atoms with Crippen molar-refractivity contribution in [1.29, 1.82) is 0 Å². The predicted octanol–water partition coefficient (Wildman–Crippen LogP) is 28.7. The van der Waals surface area contributed by atoms with Crippen LogP contribution in [0.2, 0.25) is 0 Å². The summed E-state index contributed by atoms with van der Waals surface area (Å²) >= 11 is 0. The summed E-state index contributed by atoms with van der Waals surface area (Å²) in [6, 6.07) is 79.4. The van der Waals surface area contributed by atoms with Crippen molar-refractivity contribution in [2.45, 2.75) is 256 Å². The highest BCUT2D eigenvalue weighted by Crippen LogP contribution is 2.42. The number of unbranched alkanes of at least 4 members (excludes halogenated alkanes) is 12. The van der Waals surface area contributed by atoms with Crippen molar-refractivity contribution in [2.75, 3.05) is 72.0 Å². The molecular formula is C126H148N12O9. The molecule has 8 heterocycles. The molecule has 18 rings (SSSR count). The minimum absolute atomic E-state index is 0. The first kappa shape index (κ1) is 110. The molecule has 0 spiro atoms. The minimum Gasteiger partial charge on any atom is -0.507 e. The zero-order chi connectivity index (χ0) is 103. The first-order chi connectivity index (χ1) is 70.7. The molecule has 4 aromatic heterocycles. The van der Waals surface area contributed by atoms with Gasteiger partial charge in [0.05, 0.1) is 73.9 Å². The van der Waals surface area contributed by atoms with Gasteiger partial charge in [-0.05, 0) is 183 Å². The van der Waals surface area contributed by atoms with Gasteiger partial charge in [-0.3, -0.25) is 19.2 Å². The van der Waals surface area contributed by atoms with Gasteiger partial charge >= 0.3 is 17.9 Å². The molecule has 766 valence electrons. The number of aromatic nitrogens is 8. The number of phenolic OH excluding ortho intramolecular Hbond substituents is 1. The van der Waals surface area contributed by atoms with E-state index in [-0.39, 0.29) is 38.2 Å². The van der Waals surface area contributed by atoms with Crippen molar-refractivity contribution in [3.05, 3.63) is 303 Å². The number of phenols is 1. The number of anilines is 4. The Labute approximate surface area is 870 Å². The number of Topliss-reactive ketones (excluding diaryl/α,β-unsaturated/α-hetero) is 2. The summed E-state index contributed by atoms with van der Waals surface area (Å²) < 4.78 is 0. The van der Waals surface area contributed by atoms with E-state index in [0.717, 1.165) is 353 Å². The highest BCUT2D eigenvalue weighted by atomic mass is 16.4. The highest BCUT2D eigenvalue weighted by molar-refractivity contribution is 6.03. The molecule has 0 unspecified atom stereocenters. The molecule has 0 saturated heterocycles. The largest absolute Gasteiger partial charge is 0.507 e. The van der Waals surface area contributed by atoms with E-state index in [0.29, 0.717) is 17.8 Å². The molecule has 0 aliphatic carbocycles. The van der Waals surface area contributed by atoms with Gasteiger partial charge in [0.2, 0.25) is 0 Å². The van der Waals surface area contributed by atoms with Crippen LogP contribution < -0.4 is 19.6 Å². The number of aromatic hydroxyl groups is 1. The monoisotopic (exact) mass is 1970 g/mol. The maximum atomic E-state index is 11.2. The molecule has 4 aliphatic heterocycles. The van der Waals surface area contributed by atoms with E-state index in [9.17, 15) is 29.1 Å². The van der Waals surface area contributed by atoms with Crippen LogP contribution in [0.4, 0.5) is 23.3 Å². The van der Waals surface area contributed by atoms with Crippen LogP contribution in [0, 0.1) is 55.4 Å². The van der Waals surface area contributed by atoms with Crippen molar-refractivity contribution in [3.63, 3.8) is 0 Å². The van der Waals surface area contributed by atoms with Gasteiger partial charge in [-0.1, -0.05) is 328 Å². The maximum Gasteiger partial charge on any atom is 0.303 e. The van der Waals surface area contributed by atoms with Crippen LogP contribution in [0.15, 0.2) is 231 Å². The van der Waals surface area contributed by atoms with Crippen LogP contribution in [0.3, 0.4) is 0 Å². The lowest BCUT2D eigenvalue weighted by Gasteiger charge is -2.30. The Bertz CT molecular complexity index is 6000. The Kier molecular flexibility index (Phi) is 40.8. The molecule has 147 heavy (non-hydrogen) atoms. The number of carbonyl (C=O) groups is 5. The molecule has 21 heteroatoms. The van der Waals surface area contributed by atoms with Gasteiger partial charge in [0.1, 0.15) is 11.5 Å². The number of hydrogen-bond acceptors (Lipinski definition) is 18. The van der Waals surface area contributed by atoms with E-state index in [1.54, 1.807) is 19.1 Å². The average molecular weight is 1970 g/mol. The Balaban J connectivity index is 0.000000156. The summed E-state index contributed by atoms with van der Waals surface area (Å²) in [6.45, 7) is 27.8. The molecule has 10 aromatic carbocycles. The molecule has 0 bridgehead atoms. The van der Waals surface area contributed by atoms with E-state index in [2.05, 4.69) is 269 Å². The summed E-state index contributed by atoms with van der Waals surface area (Å²) in [5.74, 6) is 2.23. The second kappa shape index (κ2) is 54.6. The Hall–Kier alpha value is -14.5. The normalized spacial score (nSPS) is 12.7. The predicted molar refractivity (Wildman–Crippen MR) is 600 cm³/mol. The van der Waals surface area contributed by atoms with Gasteiger partial charge in [-0.15, -0.1) is 0 Å². The number of fused-ring (bicyclic) bond motifs is 5. The smallest absolute Gasteiger partial charge is 0.303 e. The Morgan fingerprint density at radius 3 is 0.687 bits per heavy atom. The molecule has 14 aromatic rings. The summed E-state index contributed by atoms with van der Waals surface area (Å²) in [6.07, 6.45) is 25.5. The van der Waals surface area contributed by atoms with Gasteiger partial charge in [0.25, 0.3) is 0 Å². The van der Waals surface area contributed by atoms with Crippen LogP contribution in [0.5, 0.6) is 5.75 Å². The quantitative estimate of drug-likeness (QED) is 0.0208. The maximum absolute atomic E-state index is 11.2. The third kappa shape index (κ3) is 31.3. The zero-order valence-corrected chi connectivity index (χ0v) is 87.1.